The van der Waals surface area contributed by atoms with E-state index in [2.05, 4.69) is 0 Å². The zero-order valence-electron chi connectivity index (χ0n) is 14.2. The van der Waals surface area contributed by atoms with Crippen LogP contribution in [0, 0.1) is 0 Å². The third-order valence-electron chi connectivity index (χ3n) is 3.60. The van der Waals surface area contributed by atoms with E-state index in [-0.39, 0.29) is 18.0 Å². The van der Waals surface area contributed by atoms with Crippen molar-refractivity contribution in [3.63, 3.8) is 0 Å². The lowest BCUT2D eigenvalue weighted by atomic mass is 10.2. The van der Waals surface area contributed by atoms with Gasteiger partial charge in [-0.2, -0.15) is 0 Å². The first kappa shape index (κ1) is 18.8. The topological polar surface area (TPSA) is 61.8 Å². The molecule has 0 heterocycles. The van der Waals surface area contributed by atoms with Gasteiger partial charge in [-0.1, -0.05) is 29.8 Å². The molecule has 0 bridgehead atoms. The Labute approximate surface area is 151 Å². The van der Waals surface area contributed by atoms with Crippen LogP contribution >= 0.6 is 11.6 Å². The highest BCUT2D eigenvalue weighted by molar-refractivity contribution is 6.31. The average Bonchev–Trinajstić information content (AvgIpc) is 2.60. The smallest absolute Gasteiger partial charge is 0.338 e. The van der Waals surface area contributed by atoms with Gasteiger partial charge in [0, 0.05) is 10.6 Å². The zero-order valence-corrected chi connectivity index (χ0v) is 15.0. The Hall–Kier alpha value is -2.53. The fraction of sp³-hybridized carbons (Fsp3) is 0.263. The molecule has 5 nitrogen and oxygen atoms in total. The van der Waals surface area contributed by atoms with Crippen LogP contribution in [0.25, 0.3) is 0 Å². The lowest BCUT2D eigenvalue weighted by Crippen LogP contribution is -2.21. The first-order chi connectivity index (χ1) is 11.9. The largest absolute Gasteiger partial charge is 0.493 e. The Morgan fingerprint density at radius 2 is 1.84 bits per heavy atom. The SMILES string of the molecule is COc1cc(C(=O)OC(C)C(C)=O)ccc1OCc1ccccc1Cl. The highest BCUT2D eigenvalue weighted by Gasteiger charge is 2.17. The number of benzene rings is 2. The molecule has 1 unspecified atom stereocenters. The number of Topliss-reactive ketones (excluding diaryl/α,β-unsaturated/α-hetero) is 1. The van der Waals surface area contributed by atoms with E-state index in [0.717, 1.165) is 5.56 Å². The van der Waals surface area contributed by atoms with Crippen molar-refractivity contribution < 1.29 is 23.8 Å². The summed E-state index contributed by atoms with van der Waals surface area (Å²) in [6.45, 7) is 3.16. The van der Waals surface area contributed by atoms with E-state index in [0.29, 0.717) is 16.5 Å². The molecule has 25 heavy (non-hydrogen) atoms. The van der Waals surface area contributed by atoms with Crippen molar-refractivity contribution in [1.29, 1.82) is 0 Å². The first-order valence-corrected chi connectivity index (χ1v) is 8.06. The number of halogens is 1. The highest BCUT2D eigenvalue weighted by Crippen LogP contribution is 2.30. The summed E-state index contributed by atoms with van der Waals surface area (Å²) >= 11 is 6.10. The minimum absolute atomic E-state index is 0.222. The molecule has 2 rings (SSSR count). The van der Waals surface area contributed by atoms with E-state index >= 15 is 0 Å². The van der Waals surface area contributed by atoms with E-state index < -0.39 is 12.1 Å². The molecule has 0 spiro atoms. The summed E-state index contributed by atoms with van der Waals surface area (Å²) < 4.78 is 16.1. The van der Waals surface area contributed by atoms with Gasteiger partial charge in [0.25, 0.3) is 0 Å². The Morgan fingerprint density at radius 3 is 2.48 bits per heavy atom. The van der Waals surface area contributed by atoms with Gasteiger partial charge in [-0.15, -0.1) is 0 Å². The molecular weight excluding hydrogens is 344 g/mol. The number of ketones is 1. The van der Waals surface area contributed by atoms with Crippen LogP contribution in [-0.2, 0) is 16.1 Å². The first-order valence-electron chi connectivity index (χ1n) is 7.68. The molecule has 0 N–H and O–H groups in total. The Bertz CT molecular complexity index is 772. The van der Waals surface area contributed by atoms with Crippen molar-refractivity contribution in [2.45, 2.75) is 26.6 Å². The van der Waals surface area contributed by atoms with Gasteiger partial charge in [-0.3, -0.25) is 4.79 Å². The summed E-state index contributed by atoms with van der Waals surface area (Å²) in [5, 5.41) is 0.611. The summed E-state index contributed by atoms with van der Waals surface area (Å²) in [5.74, 6) is 0.0363. The molecule has 0 aromatic heterocycles. The maximum absolute atomic E-state index is 12.1. The molecule has 2 aromatic carbocycles. The number of hydrogen-bond donors (Lipinski definition) is 0. The van der Waals surface area contributed by atoms with Crippen LogP contribution in [0.5, 0.6) is 11.5 Å². The monoisotopic (exact) mass is 362 g/mol. The molecule has 0 aliphatic carbocycles. The standard InChI is InChI=1S/C19H19ClO5/c1-12(21)13(2)25-19(22)14-8-9-17(18(10-14)23-3)24-11-15-6-4-5-7-16(15)20/h4-10,13H,11H2,1-3H3. The van der Waals surface area contributed by atoms with Crippen LogP contribution in [0.15, 0.2) is 42.5 Å². The van der Waals surface area contributed by atoms with Crippen LogP contribution in [0.4, 0.5) is 0 Å². The Balaban J connectivity index is 2.12. The number of methoxy groups -OCH3 is 1. The second kappa shape index (κ2) is 8.53. The van der Waals surface area contributed by atoms with Gasteiger partial charge in [0.1, 0.15) is 6.61 Å². The van der Waals surface area contributed by atoms with E-state index in [1.54, 1.807) is 18.2 Å². The molecule has 0 saturated heterocycles. The number of hydrogen-bond acceptors (Lipinski definition) is 5. The van der Waals surface area contributed by atoms with E-state index in [4.69, 9.17) is 25.8 Å². The molecule has 0 aliphatic heterocycles. The molecule has 0 radical (unpaired) electrons. The minimum atomic E-state index is -0.797. The number of rotatable bonds is 7. The predicted octanol–water partition coefficient (Wildman–Crippen LogP) is 4.06. The molecule has 2 aromatic rings. The molecule has 0 aliphatic rings. The van der Waals surface area contributed by atoms with E-state index in [9.17, 15) is 9.59 Å². The number of esters is 1. The van der Waals surface area contributed by atoms with Crippen molar-refractivity contribution in [3.8, 4) is 11.5 Å². The normalized spacial score (nSPS) is 11.5. The number of ether oxygens (including phenoxy) is 3. The summed E-state index contributed by atoms with van der Waals surface area (Å²) in [5.41, 5.74) is 1.11. The third-order valence-corrected chi connectivity index (χ3v) is 3.97. The molecule has 0 amide bonds. The van der Waals surface area contributed by atoms with Gasteiger partial charge < -0.3 is 14.2 Å². The van der Waals surface area contributed by atoms with Crippen molar-refractivity contribution in [1.82, 2.24) is 0 Å². The average molecular weight is 363 g/mol. The second-order valence-corrected chi connectivity index (χ2v) is 5.81. The predicted molar refractivity (Wildman–Crippen MR) is 94.3 cm³/mol. The molecule has 6 heteroatoms. The van der Waals surface area contributed by atoms with Gasteiger partial charge >= 0.3 is 5.97 Å². The lowest BCUT2D eigenvalue weighted by molar-refractivity contribution is -0.124. The fourth-order valence-electron chi connectivity index (χ4n) is 2.00. The lowest BCUT2D eigenvalue weighted by Gasteiger charge is -2.14. The Kier molecular flexibility index (Phi) is 6.42. The number of carbonyl (C=O) groups is 2. The van der Waals surface area contributed by atoms with Gasteiger partial charge in [-0.25, -0.2) is 4.79 Å². The summed E-state index contributed by atoms with van der Waals surface area (Å²) in [6, 6.07) is 12.0. The highest BCUT2D eigenvalue weighted by atomic mass is 35.5. The van der Waals surface area contributed by atoms with E-state index in [1.807, 2.05) is 18.2 Å². The number of carbonyl (C=O) groups excluding carboxylic acids is 2. The third kappa shape index (κ3) is 4.97. The zero-order chi connectivity index (χ0) is 18.4. The summed E-state index contributed by atoms with van der Waals surface area (Å²) in [4.78, 5) is 23.3. The van der Waals surface area contributed by atoms with Gasteiger partial charge in [0.15, 0.2) is 23.4 Å². The maximum Gasteiger partial charge on any atom is 0.338 e. The Morgan fingerprint density at radius 1 is 1.12 bits per heavy atom. The van der Waals surface area contributed by atoms with Crippen molar-refractivity contribution in [2.75, 3.05) is 7.11 Å². The van der Waals surface area contributed by atoms with Gasteiger partial charge in [0.05, 0.1) is 12.7 Å². The fourth-order valence-corrected chi connectivity index (χ4v) is 2.19. The maximum atomic E-state index is 12.1. The van der Waals surface area contributed by atoms with Gasteiger partial charge in [-0.05, 0) is 38.1 Å². The van der Waals surface area contributed by atoms with Gasteiger partial charge in [0.2, 0.25) is 0 Å². The summed E-state index contributed by atoms with van der Waals surface area (Å²) in [6.07, 6.45) is -0.797. The van der Waals surface area contributed by atoms with Crippen LogP contribution in [0.1, 0.15) is 29.8 Å². The molecule has 0 fully saturated rings. The summed E-state index contributed by atoms with van der Waals surface area (Å²) in [7, 11) is 1.48. The molecule has 0 saturated carbocycles. The minimum Gasteiger partial charge on any atom is -0.493 e. The van der Waals surface area contributed by atoms with Crippen molar-refractivity contribution in [3.05, 3.63) is 58.6 Å². The van der Waals surface area contributed by atoms with Crippen LogP contribution in [-0.4, -0.2) is 25.0 Å². The van der Waals surface area contributed by atoms with Crippen molar-refractivity contribution in [2.24, 2.45) is 0 Å². The van der Waals surface area contributed by atoms with Crippen LogP contribution in [0.2, 0.25) is 5.02 Å². The van der Waals surface area contributed by atoms with Crippen molar-refractivity contribution >= 4 is 23.4 Å². The molecule has 1 atom stereocenters. The molecular formula is C19H19ClO5. The quantitative estimate of drug-likeness (QED) is 0.695. The van der Waals surface area contributed by atoms with Crippen LogP contribution in [0.3, 0.4) is 0 Å². The van der Waals surface area contributed by atoms with Crippen LogP contribution < -0.4 is 9.47 Å². The van der Waals surface area contributed by atoms with E-state index in [1.165, 1.54) is 27.0 Å². The second-order valence-electron chi connectivity index (χ2n) is 5.40. The molecule has 132 valence electrons.